The molecule has 0 saturated carbocycles. The molecule has 1 aliphatic carbocycles. The van der Waals surface area contributed by atoms with Crippen LogP contribution in [0.3, 0.4) is 0 Å². The van der Waals surface area contributed by atoms with E-state index in [2.05, 4.69) is 0 Å². The SMILES string of the molecule is CC1(O)C=C(O)C=CC1C(=O)[O-]. The van der Waals surface area contributed by atoms with Crippen molar-refractivity contribution in [3.05, 3.63) is 24.0 Å². The van der Waals surface area contributed by atoms with Crippen LogP contribution in [0, 0.1) is 5.92 Å². The summed E-state index contributed by atoms with van der Waals surface area (Å²) < 4.78 is 0. The summed E-state index contributed by atoms with van der Waals surface area (Å²) in [5, 5.41) is 28.9. The number of hydrogen-bond acceptors (Lipinski definition) is 4. The third-order valence-corrected chi connectivity index (χ3v) is 1.78. The first-order valence-corrected chi connectivity index (χ1v) is 3.47. The van der Waals surface area contributed by atoms with Crippen molar-refractivity contribution in [2.24, 2.45) is 5.92 Å². The van der Waals surface area contributed by atoms with Crippen LogP contribution >= 0.6 is 0 Å². The van der Waals surface area contributed by atoms with Gasteiger partial charge in [-0.25, -0.2) is 0 Å². The maximum atomic E-state index is 10.4. The monoisotopic (exact) mass is 169 g/mol. The minimum atomic E-state index is -1.57. The molecule has 1 rings (SSSR count). The Morgan fingerprint density at radius 1 is 1.75 bits per heavy atom. The molecule has 0 aromatic rings. The molecule has 1 aliphatic rings. The highest BCUT2D eigenvalue weighted by molar-refractivity contribution is 5.73. The van der Waals surface area contributed by atoms with Gasteiger partial charge >= 0.3 is 0 Å². The van der Waals surface area contributed by atoms with Crippen molar-refractivity contribution in [1.82, 2.24) is 0 Å². The van der Waals surface area contributed by atoms with E-state index >= 15 is 0 Å². The van der Waals surface area contributed by atoms with Gasteiger partial charge in [0.05, 0.1) is 11.6 Å². The van der Waals surface area contributed by atoms with Crippen LogP contribution in [0.4, 0.5) is 0 Å². The van der Waals surface area contributed by atoms with Crippen molar-refractivity contribution in [2.45, 2.75) is 12.5 Å². The van der Waals surface area contributed by atoms with Crippen LogP contribution in [0.25, 0.3) is 0 Å². The van der Waals surface area contributed by atoms with E-state index in [-0.39, 0.29) is 5.76 Å². The van der Waals surface area contributed by atoms with Crippen LogP contribution in [-0.2, 0) is 4.79 Å². The molecular weight excluding hydrogens is 160 g/mol. The van der Waals surface area contributed by atoms with Gasteiger partial charge in [0.25, 0.3) is 0 Å². The summed E-state index contributed by atoms with van der Waals surface area (Å²) in [6.45, 7) is 1.30. The van der Waals surface area contributed by atoms with Crippen molar-refractivity contribution in [1.29, 1.82) is 0 Å². The number of aliphatic hydroxyl groups excluding tert-OH is 1. The first-order chi connectivity index (χ1) is 5.43. The normalized spacial score (nSPS) is 34.5. The van der Waals surface area contributed by atoms with Gasteiger partial charge in [0.15, 0.2) is 0 Å². The third-order valence-electron chi connectivity index (χ3n) is 1.78. The van der Waals surface area contributed by atoms with Crippen molar-refractivity contribution in [2.75, 3.05) is 0 Å². The number of carboxylic acids is 1. The zero-order valence-electron chi connectivity index (χ0n) is 6.52. The molecule has 0 fully saturated rings. The average molecular weight is 169 g/mol. The van der Waals surface area contributed by atoms with E-state index in [0.29, 0.717) is 0 Å². The first kappa shape index (κ1) is 8.80. The van der Waals surface area contributed by atoms with Gasteiger partial charge in [-0.2, -0.15) is 0 Å². The van der Waals surface area contributed by atoms with Gasteiger partial charge in [0, 0.05) is 5.92 Å². The smallest absolute Gasteiger partial charge is 0.114 e. The lowest BCUT2D eigenvalue weighted by Gasteiger charge is -2.30. The van der Waals surface area contributed by atoms with Crippen LogP contribution in [0.15, 0.2) is 24.0 Å². The minimum absolute atomic E-state index is 0.141. The molecule has 66 valence electrons. The molecule has 4 heteroatoms. The number of carboxylic acid groups (broad SMARTS) is 1. The van der Waals surface area contributed by atoms with Crippen LogP contribution < -0.4 is 5.11 Å². The lowest BCUT2D eigenvalue weighted by molar-refractivity contribution is -0.313. The fraction of sp³-hybridized carbons (Fsp3) is 0.375. The van der Waals surface area contributed by atoms with E-state index in [1.165, 1.54) is 19.1 Å². The molecule has 4 nitrogen and oxygen atoms in total. The molecule has 0 aromatic carbocycles. The Morgan fingerprint density at radius 3 is 2.75 bits per heavy atom. The summed E-state index contributed by atoms with van der Waals surface area (Å²) in [5.41, 5.74) is -1.57. The van der Waals surface area contributed by atoms with Crippen molar-refractivity contribution in [3.63, 3.8) is 0 Å². The van der Waals surface area contributed by atoms with E-state index < -0.39 is 17.5 Å². The maximum absolute atomic E-state index is 10.4. The summed E-state index contributed by atoms with van der Waals surface area (Å²) >= 11 is 0. The zero-order valence-corrected chi connectivity index (χ0v) is 6.52. The van der Waals surface area contributed by atoms with Gasteiger partial charge in [0.2, 0.25) is 0 Å². The molecule has 2 unspecified atom stereocenters. The second-order valence-corrected chi connectivity index (χ2v) is 2.95. The minimum Gasteiger partial charge on any atom is -0.549 e. The molecule has 0 heterocycles. The lowest BCUT2D eigenvalue weighted by Crippen LogP contribution is -2.45. The number of aliphatic carboxylic acids is 1. The molecule has 12 heavy (non-hydrogen) atoms. The van der Waals surface area contributed by atoms with Gasteiger partial charge in [-0.15, -0.1) is 0 Å². The maximum Gasteiger partial charge on any atom is 0.114 e. The van der Waals surface area contributed by atoms with Crippen LogP contribution in [0.1, 0.15) is 6.92 Å². The Morgan fingerprint density at radius 2 is 2.33 bits per heavy atom. The fourth-order valence-electron chi connectivity index (χ4n) is 1.14. The van der Waals surface area contributed by atoms with E-state index in [4.69, 9.17) is 5.11 Å². The van der Waals surface area contributed by atoms with Crippen molar-refractivity contribution >= 4 is 5.97 Å². The van der Waals surface area contributed by atoms with Crippen LogP contribution in [0.5, 0.6) is 0 Å². The standard InChI is InChI=1S/C8H10O4/c1-8(12)4-5(9)2-3-6(8)7(10)11/h2-4,6,9,12H,1H3,(H,10,11)/p-1. The fourth-order valence-corrected chi connectivity index (χ4v) is 1.14. The number of hydrogen-bond donors (Lipinski definition) is 2. The van der Waals surface area contributed by atoms with Crippen LogP contribution in [-0.4, -0.2) is 21.8 Å². The number of carbonyl (C=O) groups is 1. The molecule has 0 bridgehead atoms. The molecule has 0 spiro atoms. The lowest BCUT2D eigenvalue weighted by atomic mass is 9.85. The second kappa shape index (κ2) is 2.64. The van der Waals surface area contributed by atoms with Gasteiger partial charge < -0.3 is 20.1 Å². The number of carbonyl (C=O) groups excluding carboxylic acids is 1. The number of allylic oxidation sites excluding steroid dienone is 1. The second-order valence-electron chi connectivity index (χ2n) is 2.95. The Balaban J connectivity index is 2.96. The van der Waals surface area contributed by atoms with Crippen LogP contribution in [0.2, 0.25) is 0 Å². The highest BCUT2D eigenvalue weighted by atomic mass is 16.4. The summed E-state index contributed by atoms with van der Waals surface area (Å²) in [7, 11) is 0. The topological polar surface area (TPSA) is 80.6 Å². The molecule has 2 atom stereocenters. The molecular formula is C8H9O4-. The first-order valence-electron chi connectivity index (χ1n) is 3.47. The summed E-state index contributed by atoms with van der Waals surface area (Å²) in [4.78, 5) is 10.4. The summed E-state index contributed by atoms with van der Waals surface area (Å²) in [6.07, 6.45) is 3.50. The largest absolute Gasteiger partial charge is 0.549 e. The summed E-state index contributed by atoms with van der Waals surface area (Å²) in [6, 6.07) is 0. The predicted octanol–water partition coefficient (Wildman–Crippen LogP) is -0.885. The highest BCUT2D eigenvalue weighted by Crippen LogP contribution is 2.25. The number of rotatable bonds is 1. The Hall–Kier alpha value is -1.29. The Kier molecular flexibility index (Phi) is 1.94. The Labute approximate surface area is 69.5 Å². The van der Waals surface area contributed by atoms with Crippen molar-refractivity contribution in [3.8, 4) is 0 Å². The van der Waals surface area contributed by atoms with Gasteiger partial charge in [0.1, 0.15) is 5.76 Å². The molecule has 0 aromatic heterocycles. The third kappa shape index (κ3) is 1.48. The molecule has 0 amide bonds. The Bertz CT molecular complexity index is 262. The highest BCUT2D eigenvalue weighted by Gasteiger charge is 2.31. The van der Waals surface area contributed by atoms with E-state index in [1.54, 1.807) is 0 Å². The zero-order chi connectivity index (χ0) is 9.35. The molecule has 2 N–H and O–H groups in total. The average Bonchev–Trinajstić information content (AvgIpc) is 1.82. The molecule has 0 aliphatic heterocycles. The molecule has 0 radical (unpaired) electrons. The van der Waals surface area contributed by atoms with E-state index in [1.807, 2.05) is 0 Å². The van der Waals surface area contributed by atoms with E-state index in [9.17, 15) is 15.0 Å². The predicted molar refractivity (Wildman–Crippen MR) is 39.0 cm³/mol. The summed E-state index contributed by atoms with van der Waals surface area (Å²) in [5.74, 6) is -2.61. The van der Waals surface area contributed by atoms with Gasteiger partial charge in [-0.3, -0.25) is 0 Å². The van der Waals surface area contributed by atoms with Gasteiger partial charge in [-0.05, 0) is 19.1 Å². The quantitative estimate of drug-likeness (QED) is 0.534. The van der Waals surface area contributed by atoms with Crippen molar-refractivity contribution < 1.29 is 20.1 Å². The molecule has 0 saturated heterocycles. The van der Waals surface area contributed by atoms with E-state index in [0.717, 1.165) is 6.08 Å². The van der Waals surface area contributed by atoms with Gasteiger partial charge in [-0.1, -0.05) is 6.08 Å². The number of aliphatic hydroxyl groups is 2.